The van der Waals surface area contributed by atoms with Crippen molar-refractivity contribution in [3.05, 3.63) is 12.3 Å². The number of carbonyl (C=O) groups is 1. The van der Waals surface area contributed by atoms with Crippen LogP contribution in [0.3, 0.4) is 0 Å². The molecule has 6 nitrogen and oxygen atoms in total. The molecule has 0 radical (unpaired) electrons. The van der Waals surface area contributed by atoms with Crippen molar-refractivity contribution in [1.82, 2.24) is 14.9 Å². The van der Waals surface area contributed by atoms with E-state index >= 15 is 0 Å². The fourth-order valence-electron chi connectivity index (χ4n) is 3.67. The van der Waals surface area contributed by atoms with Crippen LogP contribution >= 0.6 is 0 Å². The van der Waals surface area contributed by atoms with Gasteiger partial charge >= 0.3 is 0 Å². The molecule has 6 heteroatoms. The third kappa shape index (κ3) is 3.97. The maximum absolute atomic E-state index is 12.9. The van der Waals surface area contributed by atoms with Crippen molar-refractivity contribution in [3.63, 3.8) is 0 Å². The average molecular weight is 331 g/mol. The molecule has 0 bridgehead atoms. The highest BCUT2D eigenvalue weighted by molar-refractivity contribution is 5.79. The van der Waals surface area contributed by atoms with Gasteiger partial charge in [-0.15, -0.1) is 0 Å². The molecule has 132 valence electrons. The summed E-state index contributed by atoms with van der Waals surface area (Å²) in [5.41, 5.74) is 0. The van der Waals surface area contributed by atoms with Crippen molar-refractivity contribution in [3.8, 4) is 0 Å². The van der Waals surface area contributed by atoms with Crippen LogP contribution in [0.2, 0.25) is 0 Å². The van der Waals surface area contributed by atoms with E-state index in [0.29, 0.717) is 11.9 Å². The van der Waals surface area contributed by atoms with Gasteiger partial charge in [-0.1, -0.05) is 12.8 Å². The number of likely N-dealkylation sites (tertiary alicyclic amines) is 1. The van der Waals surface area contributed by atoms with E-state index in [2.05, 4.69) is 19.8 Å². The van der Waals surface area contributed by atoms with Crippen molar-refractivity contribution in [1.29, 1.82) is 0 Å². The van der Waals surface area contributed by atoms with Crippen LogP contribution in [-0.2, 0) is 4.79 Å². The van der Waals surface area contributed by atoms with Gasteiger partial charge in [0.1, 0.15) is 5.82 Å². The van der Waals surface area contributed by atoms with Gasteiger partial charge in [0.15, 0.2) is 0 Å². The fraction of sp³-hybridized carbons (Fsp3) is 0.722. The summed E-state index contributed by atoms with van der Waals surface area (Å²) >= 11 is 0. The van der Waals surface area contributed by atoms with Gasteiger partial charge in [0.05, 0.1) is 5.92 Å². The van der Waals surface area contributed by atoms with Crippen LogP contribution in [0.4, 0.5) is 11.8 Å². The highest BCUT2D eigenvalue weighted by Gasteiger charge is 2.30. The first-order chi connectivity index (χ1) is 11.6. The molecule has 2 aliphatic heterocycles. The minimum Gasteiger partial charge on any atom is -0.356 e. The van der Waals surface area contributed by atoms with Crippen LogP contribution in [0.1, 0.15) is 38.5 Å². The molecule has 2 saturated heterocycles. The highest BCUT2D eigenvalue weighted by Crippen LogP contribution is 2.25. The van der Waals surface area contributed by atoms with Crippen LogP contribution in [-0.4, -0.2) is 61.0 Å². The van der Waals surface area contributed by atoms with Crippen LogP contribution < -0.4 is 9.80 Å². The van der Waals surface area contributed by atoms with Gasteiger partial charge < -0.3 is 14.7 Å². The van der Waals surface area contributed by atoms with Crippen molar-refractivity contribution >= 4 is 17.7 Å². The molecule has 3 rings (SSSR count). The summed E-state index contributed by atoms with van der Waals surface area (Å²) < 4.78 is 0. The SMILES string of the molecule is CN(C)c1nccc(N2CCCC(C(=O)N3CCCCCC3)C2)n1. The van der Waals surface area contributed by atoms with Crippen LogP contribution in [0, 0.1) is 5.92 Å². The Kier molecular flexibility index (Phi) is 5.53. The van der Waals surface area contributed by atoms with Crippen molar-refractivity contribution in [2.24, 2.45) is 5.92 Å². The zero-order valence-electron chi connectivity index (χ0n) is 14.9. The molecule has 0 N–H and O–H groups in total. The number of piperidine rings is 1. The number of rotatable bonds is 3. The van der Waals surface area contributed by atoms with Gasteiger partial charge in [-0.3, -0.25) is 4.79 Å². The molecule has 0 saturated carbocycles. The topological polar surface area (TPSA) is 52.6 Å². The second kappa shape index (κ2) is 7.81. The quantitative estimate of drug-likeness (QED) is 0.849. The van der Waals surface area contributed by atoms with Crippen LogP contribution in [0.5, 0.6) is 0 Å². The minimum absolute atomic E-state index is 0.106. The van der Waals surface area contributed by atoms with Gasteiger partial charge in [0, 0.05) is 46.5 Å². The van der Waals surface area contributed by atoms with Crippen LogP contribution in [0.15, 0.2) is 12.3 Å². The Bertz CT molecular complexity index is 554. The van der Waals surface area contributed by atoms with Crippen molar-refractivity contribution in [2.75, 3.05) is 50.1 Å². The second-order valence-corrected chi connectivity index (χ2v) is 7.13. The predicted octanol–water partition coefficient (Wildman–Crippen LogP) is 2.16. The lowest BCUT2D eigenvalue weighted by Crippen LogP contribution is -2.45. The molecule has 0 aliphatic carbocycles. The number of hydrogen-bond donors (Lipinski definition) is 0. The van der Waals surface area contributed by atoms with E-state index in [4.69, 9.17) is 0 Å². The standard InChI is InChI=1S/C18H29N5O/c1-21(2)18-19-10-9-16(20-18)23-13-7-8-15(14-23)17(24)22-11-5-3-4-6-12-22/h9-10,15H,3-8,11-14H2,1-2H3. The Balaban J connectivity index is 1.67. The van der Waals surface area contributed by atoms with E-state index in [1.54, 1.807) is 6.20 Å². The number of aromatic nitrogens is 2. The molecule has 2 fully saturated rings. The molecular formula is C18H29N5O. The lowest BCUT2D eigenvalue weighted by molar-refractivity contribution is -0.135. The van der Waals surface area contributed by atoms with Crippen molar-refractivity contribution < 1.29 is 4.79 Å². The highest BCUT2D eigenvalue weighted by atomic mass is 16.2. The van der Waals surface area contributed by atoms with E-state index in [1.165, 1.54) is 12.8 Å². The average Bonchev–Trinajstić information content (AvgIpc) is 2.90. The molecular weight excluding hydrogens is 302 g/mol. The number of amides is 1. The molecule has 24 heavy (non-hydrogen) atoms. The largest absolute Gasteiger partial charge is 0.356 e. The molecule has 1 aromatic heterocycles. The molecule has 3 heterocycles. The Morgan fingerprint density at radius 1 is 1.12 bits per heavy atom. The van der Waals surface area contributed by atoms with E-state index in [0.717, 1.165) is 57.7 Å². The summed E-state index contributed by atoms with van der Waals surface area (Å²) in [7, 11) is 3.89. The monoisotopic (exact) mass is 331 g/mol. The number of anilines is 2. The molecule has 0 aromatic carbocycles. The number of hydrogen-bond acceptors (Lipinski definition) is 5. The first-order valence-corrected chi connectivity index (χ1v) is 9.19. The van der Waals surface area contributed by atoms with Gasteiger partial charge in [-0.25, -0.2) is 4.98 Å². The Morgan fingerprint density at radius 2 is 1.88 bits per heavy atom. The summed E-state index contributed by atoms with van der Waals surface area (Å²) in [6, 6.07) is 1.95. The Labute approximate surface area is 144 Å². The zero-order valence-corrected chi connectivity index (χ0v) is 14.9. The van der Waals surface area contributed by atoms with E-state index in [-0.39, 0.29) is 5.92 Å². The van der Waals surface area contributed by atoms with E-state index in [9.17, 15) is 4.79 Å². The molecule has 1 aromatic rings. The fourth-order valence-corrected chi connectivity index (χ4v) is 3.67. The summed E-state index contributed by atoms with van der Waals surface area (Å²) in [6.07, 6.45) is 8.67. The second-order valence-electron chi connectivity index (χ2n) is 7.13. The molecule has 1 unspecified atom stereocenters. The Morgan fingerprint density at radius 3 is 2.58 bits per heavy atom. The smallest absolute Gasteiger partial charge is 0.227 e. The number of nitrogens with zero attached hydrogens (tertiary/aromatic N) is 5. The number of carbonyl (C=O) groups excluding carboxylic acids is 1. The third-order valence-electron chi connectivity index (χ3n) is 5.04. The minimum atomic E-state index is 0.106. The van der Waals surface area contributed by atoms with Gasteiger partial charge in [-0.05, 0) is 31.7 Å². The lowest BCUT2D eigenvalue weighted by Gasteiger charge is -2.35. The maximum atomic E-state index is 12.9. The first kappa shape index (κ1) is 17.0. The van der Waals surface area contributed by atoms with E-state index < -0.39 is 0 Å². The summed E-state index contributed by atoms with van der Waals surface area (Å²) in [6.45, 7) is 3.62. The molecule has 1 atom stereocenters. The normalized spacial score (nSPS) is 22.2. The van der Waals surface area contributed by atoms with E-state index in [1.807, 2.05) is 25.1 Å². The Hall–Kier alpha value is -1.85. The summed E-state index contributed by atoms with van der Waals surface area (Å²) in [5, 5.41) is 0. The first-order valence-electron chi connectivity index (χ1n) is 9.19. The zero-order chi connectivity index (χ0) is 16.9. The lowest BCUT2D eigenvalue weighted by atomic mass is 9.96. The third-order valence-corrected chi connectivity index (χ3v) is 5.04. The summed E-state index contributed by atoms with van der Waals surface area (Å²) in [4.78, 5) is 28.1. The van der Waals surface area contributed by atoms with Gasteiger partial charge in [0.25, 0.3) is 0 Å². The molecule has 2 aliphatic rings. The molecule has 1 amide bonds. The molecule has 0 spiro atoms. The van der Waals surface area contributed by atoms with Crippen LogP contribution in [0.25, 0.3) is 0 Å². The van der Waals surface area contributed by atoms with Gasteiger partial charge in [-0.2, -0.15) is 4.98 Å². The predicted molar refractivity (Wildman–Crippen MR) is 96.3 cm³/mol. The van der Waals surface area contributed by atoms with Gasteiger partial charge in [0.2, 0.25) is 11.9 Å². The van der Waals surface area contributed by atoms with Crippen molar-refractivity contribution in [2.45, 2.75) is 38.5 Å². The maximum Gasteiger partial charge on any atom is 0.227 e. The summed E-state index contributed by atoms with van der Waals surface area (Å²) in [5.74, 6) is 2.11.